The lowest BCUT2D eigenvalue weighted by atomic mass is 10.1. The van der Waals surface area contributed by atoms with Gasteiger partial charge in [0.2, 0.25) is 10.0 Å². The summed E-state index contributed by atoms with van der Waals surface area (Å²) in [4.78, 5) is 2.29. The Bertz CT molecular complexity index is 591. The number of aromatic hydroxyl groups is 1. The second-order valence-electron chi connectivity index (χ2n) is 5.41. The van der Waals surface area contributed by atoms with Crippen LogP contribution in [-0.2, 0) is 10.0 Å². The number of hydrogen-bond donors (Lipinski definition) is 2. The van der Waals surface area contributed by atoms with Gasteiger partial charge in [-0.05, 0) is 39.1 Å². The van der Waals surface area contributed by atoms with Crippen molar-refractivity contribution < 1.29 is 13.5 Å². The normalized spacial score (nSPS) is 25.8. The zero-order valence-electron chi connectivity index (χ0n) is 11.9. The maximum atomic E-state index is 12.6. The van der Waals surface area contributed by atoms with E-state index in [4.69, 9.17) is 5.73 Å². The maximum absolute atomic E-state index is 12.6. The van der Waals surface area contributed by atoms with Crippen molar-refractivity contribution in [1.82, 2.24) is 9.21 Å². The molecule has 0 aliphatic carbocycles. The van der Waals surface area contributed by atoms with E-state index >= 15 is 0 Å². The molecule has 1 saturated heterocycles. The monoisotopic (exact) mass is 299 g/mol. The number of likely N-dealkylation sites (N-methyl/N-ethyl adjacent to an activating group) is 1. The molecule has 0 bridgehead atoms. The van der Waals surface area contributed by atoms with Crippen LogP contribution in [0.1, 0.15) is 13.8 Å². The molecule has 1 heterocycles. The number of anilines is 1. The number of nitrogen functional groups attached to an aromatic ring is 1. The van der Waals surface area contributed by atoms with Gasteiger partial charge in [-0.1, -0.05) is 0 Å². The van der Waals surface area contributed by atoms with Gasteiger partial charge in [0.1, 0.15) is 5.75 Å². The first-order valence-corrected chi connectivity index (χ1v) is 7.98. The predicted molar refractivity (Wildman–Crippen MR) is 78.0 cm³/mol. The van der Waals surface area contributed by atoms with Crippen molar-refractivity contribution in [2.75, 3.05) is 25.9 Å². The van der Waals surface area contributed by atoms with E-state index in [9.17, 15) is 13.5 Å². The van der Waals surface area contributed by atoms with Gasteiger partial charge in [0.05, 0.1) is 10.6 Å². The maximum Gasteiger partial charge on any atom is 0.243 e. The number of piperazine rings is 1. The first-order valence-electron chi connectivity index (χ1n) is 6.54. The van der Waals surface area contributed by atoms with Crippen molar-refractivity contribution in [2.45, 2.75) is 30.8 Å². The van der Waals surface area contributed by atoms with Gasteiger partial charge in [0, 0.05) is 25.2 Å². The molecule has 7 heteroatoms. The highest BCUT2D eigenvalue weighted by molar-refractivity contribution is 7.89. The average molecular weight is 299 g/mol. The Morgan fingerprint density at radius 2 is 1.80 bits per heavy atom. The fourth-order valence-corrected chi connectivity index (χ4v) is 4.03. The summed E-state index contributed by atoms with van der Waals surface area (Å²) in [5, 5.41) is 9.40. The van der Waals surface area contributed by atoms with Crippen molar-refractivity contribution in [3.63, 3.8) is 0 Å². The van der Waals surface area contributed by atoms with Crippen LogP contribution < -0.4 is 5.73 Å². The first kappa shape index (κ1) is 15.1. The van der Waals surface area contributed by atoms with Crippen LogP contribution in [0.4, 0.5) is 5.69 Å². The minimum atomic E-state index is -3.58. The second kappa shape index (κ2) is 5.23. The van der Waals surface area contributed by atoms with Gasteiger partial charge >= 0.3 is 0 Å². The summed E-state index contributed by atoms with van der Waals surface area (Å²) >= 11 is 0. The van der Waals surface area contributed by atoms with Crippen LogP contribution >= 0.6 is 0 Å². The summed E-state index contributed by atoms with van der Waals surface area (Å²) in [6, 6.07) is 4.31. The fraction of sp³-hybridized carbons (Fsp3) is 0.538. The minimum Gasteiger partial charge on any atom is -0.506 e. The van der Waals surface area contributed by atoms with E-state index in [-0.39, 0.29) is 28.4 Å². The number of hydrogen-bond acceptors (Lipinski definition) is 5. The summed E-state index contributed by atoms with van der Waals surface area (Å²) < 4.78 is 26.7. The van der Waals surface area contributed by atoms with Crippen molar-refractivity contribution in [3.05, 3.63) is 18.2 Å². The second-order valence-corrected chi connectivity index (χ2v) is 7.34. The number of phenols is 1. The van der Waals surface area contributed by atoms with Crippen molar-refractivity contribution in [1.29, 1.82) is 0 Å². The van der Waals surface area contributed by atoms with E-state index in [1.807, 2.05) is 20.9 Å². The summed E-state index contributed by atoms with van der Waals surface area (Å²) in [7, 11) is -1.58. The average Bonchev–Trinajstić information content (AvgIpc) is 2.38. The minimum absolute atomic E-state index is 0.0706. The Morgan fingerprint density at radius 1 is 1.25 bits per heavy atom. The number of nitrogens with two attached hydrogens (primary N) is 1. The molecule has 2 rings (SSSR count). The Hall–Kier alpha value is -1.31. The van der Waals surface area contributed by atoms with Gasteiger partial charge < -0.3 is 10.8 Å². The molecule has 3 N–H and O–H groups in total. The summed E-state index contributed by atoms with van der Waals surface area (Å²) in [6.07, 6.45) is 0. The third kappa shape index (κ3) is 2.61. The highest BCUT2D eigenvalue weighted by Gasteiger charge is 2.34. The van der Waals surface area contributed by atoms with Gasteiger partial charge in [0.15, 0.2) is 0 Å². The SMILES string of the molecule is CC1CN(S(=O)(=O)c2ccc(O)c(N)c2)CC(C)N1C. The van der Waals surface area contributed by atoms with Gasteiger partial charge in [-0.3, -0.25) is 4.90 Å². The molecule has 112 valence electrons. The molecule has 0 amide bonds. The van der Waals surface area contributed by atoms with E-state index in [0.717, 1.165) is 0 Å². The lowest BCUT2D eigenvalue weighted by Crippen LogP contribution is -2.56. The van der Waals surface area contributed by atoms with E-state index < -0.39 is 10.0 Å². The Morgan fingerprint density at radius 3 is 2.30 bits per heavy atom. The first-order chi connectivity index (χ1) is 9.23. The van der Waals surface area contributed by atoms with Crippen LogP contribution in [0.3, 0.4) is 0 Å². The lowest BCUT2D eigenvalue weighted by molar-refractivity contribution is 0.105. The third-order valence-corrected chi connectivity index (χ3v) is 5.79. The van der Waals surface area contributed by atoms with Gasteiger partial charge in [0.25, 0.3) is 0 Å². The molecule has 0 spiro atoms. The molecular formula is C13H21N3O3S. The molecule has 0 radical (unpaired) electrons. The summed E-state index contributed by atoms with van der Waals surface area (Å²) in [5.41, 5.74) is 5.65. The van der Waals surface area contributed by atoms with Crippen LogP contribution in [0.15, 0.2) is 23.1 Å². The number of phenolic OH excluding ortho intramolecular Hbond substituents is 1. The fourth-order valence-electron chi connectivity index (χ4n) is 2.39. The third-order valence-electron chi connectivity index (χ3n) is 3.96. The number of sulfonamides is 1. The Kier molecular flexibility index (Phi) is 3.95. The van der Waals surface area contributed by atoms with Gasteiger partial charge in [-0.2, -0.15) is 4.31 Å². The number of rotatable bonds is 2. The highest BCUT2D eigenvalue weighted by Crippen LogP contribution is 2.27. The Balaban J connectivity index is 2.33. The molecule has 2 unspecified atom stereocenters. The van der Waals surface area contributed by atoms with Gasteiger partial charge in [-0.15, -0.1) is 0 Å². The largest absolute Gasteiger partial charge is 0.506 e. The van der Waals surface area contributed by atoms with E-state index in [2.05, 4.69) is 4.90 Å². The molecule has 1 fully saturated rings. The molecular weight excluding hydrogens is 278 g/mol. The van der Waals surface area contributed by atoms with Crippen LogP contribution in [0.5, 0.6) is 5.75 Å². The van der Waals surface area contributed by atoms with Crippen molar-refractivity contribution >= 4 is 15.7 Å². The quantitative estimate of drug-likeness (QED) is 0.620. The summed E-state index contributed by atoms with van der Waals surface area (Å²) in [5.74, 6) is -0.107. The highest BCUT2D eigenvalue weighted by atomic mass is 32.2. The number of benzene rings is 1. The lowest BCUT2D eigenvalue weighted by Gasteiger charge is -2.41. The van der Waals surface area contributed by atoms with E-state index in [1.165, 1.54) is 22.5 Å². The molecule has 20 heavy (non-hydrogen) atoms. The smallest absolute Gasteiger partial charge is 0.243 e. The molecule has 0 saturated carbocycles. The molecule has 6 nitrogen and oxygen atoms in total. The van der Waals surface area contributed by atoms with Crippen molar-refractivity contribution in [3.8, 4) is 5.75 Å². The number of nitrogens with zero attached hydrogens (tertiary/aromatic N) is 2. The van der Waals surface area contributed by atoms with Crippen molar-refractivity contribution in [2.24, 2.45) is 0 Å². The molecule has 1 aliphatic rings. The molecule has 1 aliphatic heterocycles. The predicted octanol–water partition coefficient (Wildman–Crippen LogP) is 0.688. The topological polar surface area (TPSA) is 86.9 Å². The standard InChI is InChI=1S/C13H21N3O3S/c1-9-7-16(8-10(2)15(9)3)20(18,19)11-4-5-13(17)12(14)6-11/h4-6,9-10,17H,7-8,14H2,1-3H3. The molecule has 1 aromatic rings. The summed E-state index contributed by atoms with van der Waals surface area (Å²) in [6.45, 7) is 4.90. The Labute approximate surface area is 119 Å². The molecule has 1 aromatic carbocycles. The van der Waals surface area contributed by atoms with Gasteiger partial charge in [-0.25, -0.2) is 8.42 Å². The van der Waals surface area contributed by atoms with Crippen LogP contribution in [0.25, 0.3) is 0 Å². The zero-order valence-corrected chi connectivity index (χ0v) is 12.8. The van der Waals surface area contributed by atoms with Crippen LogP contribution in [0.2, 0.25) is 0 Å². The van der Waals surface area contributed by atoms with E-state index in [0.29, 0.717) is 13.1 Å². The van der Waals surface area contributed by atoms with Crippen LogP contribution in [0, 0.1) is 0 Å². The molecule has 2 atom stereocenters. The zero-order chi connectivity index (χ0) is 15.1. The molecule has 0 aromatic heterocycles. The van der Waals surface area contributed by atoms with E-state index in [1.54, 1.807) is 0 Å². The van der Waals surface area contributed by atoms with Crippen LogP contribution in [-0.4, -0.2) is 55.0 Å².